The van der Waals surface area contributed by atoms with Gasteiger partial charge >= 0.3 is 0 Å². The molecule has 0 atom stereocenters. The van der Waals surface area contributed by atoms with Gasteiger partial charge in [0, 0.05) is 14.9 Å². The van der Waals surface area contributed by atoms with E-state index in [0.29, 0.717) is 17.9 Å². The van der Waals surface area contributed by atoms with Gasteiger partial charge in [-0.05, 0) is 67.6 Å². The second-order valence-electron chi connectivity index (χ2n) is 7.62. The number of amides is 1. The number of nitrogens with zero attached hydrogens (tertiary/aromatic N) is 1. The number of carbonyl (C=O) groups excluding carboxylic acids is 1. The Hall–Kier alpha value is -2.90. The van der Waals surface area contributed by atoms with Crippen LogP contribution in [0.1, 0.15) is 45.2 Å². The quantitative estimate of drug-likeness (QED) is 0.287. The average molecular weight is 509 g/mol. The zero-order valence-corrected chi connectivity index (χ0v) is 19.7. The summed E-state index contributed by atoms with van der Waals surface area (Å²) in [7, 11) is 0. The number of aryl methyl sites for hydroxylation is 1. The Morgan fingerprint density at radius 2 is 1.97 bits per heavy atom. The molecular weight excluding hydrogens is 488 g/mol. The molecule has 1 aromatic carbocycles. The highest BCUT2D eigenvalue weighted by Crippen LogP contribution is 2.40. The molecule has 1 amide bonds. The molecule has 0 radical (unpaired) electrons. The summed E-state index contributed by atoms with van der Waals surface area (Å²) in [6.45, 7) is 0.355. The molecule has 0 saturated heterocycles. The van der Waals surface area contributed by atoms with Crippen molar-refractivity contribution in [3.05, 3.63) is 86.8 Å². The molecule has 162 valence electrons. The molecule has 0 saturated carbocycles. The monoisotopic (exact) mass is 508 g/mol. The van der Waals surface area contributed by atoms with Crippen LogP contribution in [-0.2, 0) is 19.4 Å². The van der Waals surface area contributed by atoms with E-state index in [-0.39, 0.29) is 5.91 Å². The lowest BCUT2D eigenvalue weighted by atomic mass is 9.95. The highest BCUT2D eigenvalue weighted by molar-refractivity contribution is 9.10. The molecule has 0 spiro atoms. The lowest BCUT2D eigenvalue weighted by Crippen LogP contribution is -2.23. The number of hydrogen-bond acceptors (Lipinski definition) is 5. The van der Waals surface area contributed by atoms with Crippen LogP contribution in [0.15, 0.2) is 73.1 Å². The summed E-state index contributed by atoms with van der Waals surface area (Å²) < 4.78 is 12.3. The molecular formula is C25H21BrN2O3S. The van der Waals surface area contributed by atoms with Crippen LogP contribution in [0.3, 0.4) is 0 Å². The largest absolute Gasteiger partial charge is 0.467 e. The summed E-state index contributed by atoms with van der Waals surface area (Å²) in [5.41, 5.74) is 2.82. The molecule has 0 unspecified atom stereocenters. The van der Waals surface area contributed by atoms with E-state index in [4.69, 9.17) is 8.83 Å². The molecule has 3 heterocycles. The second kappa shape index (κ2) is 9.30. The molecule has 5 nitrogen and oxygen atoms in total. The van der Waals surface area contributed by atoms with Crippen molar-refractivity contribution in [3.63, 3.8) is 0 Å². The van der Waals surface area contributed by atoms with E-state index in [2.05, 4.69) is 26.2 Å². The highest BCUT2D eigenvalue weighted by Gasteiger charge is 2.25. The fourth-order valence-electron chi connectivity index (χ4n) is 3.86. The van der Waals surface area contributed by atoms with Gasteiger partial charge in [0.05, 0.1) is 24.6 Å². The summed E-state index contributed by atoms with van der Waals surface area (Å²) in [6, 6.07) is 15.5. The van der Waals surface area contributed by atoms with Crippen LogP contribution < -0.4 is 5.32 Å². The van der Waals surface area contributed by atoms with Crippen molar-refractivity contribution in [2.75, 3.05) is 0 Å². The maximum Gasteiger partial charge on any atom is 0.255 e. The fraction of sp³-hybridized carbons (Fsp3) is 0.200. The van der Waals surface area contributed by atoms with Crippen molar-refractivity contribution < 1.29 is 13.6 Å². The van der Waals surface area contributed by atoms with Gasteiger partial charge in [0.2, 0.25) is 0 Å². The SMILES string of the molecule is O=C(NCc1ccco1)c1c(N=Cc2ccc(-c3ccc(Br)cc3)o2)sc2c1CCCC2. The standard InChI is InChI=1S/C25H21BrN2O3S/c26-17-9-7-16(8-10-17)21-12-11-19(31-21)15-28-25-23(20-5-1-2-6-22(20)32-25)24(29)27-14-18-4-3-13-30-18/h3-4,7-13,15H,1-2,5-6,14H2,(H,27,29). The van der Waals surface area contributed by atoms with Crippen LogP contribution in [0, 0.1) is 0 Å². The molecule has 0 bridgehead atoms. The van der Waals surface area contributed by atoms with Gasteiger partial charge in [-0.15, -0.1) is 11.3 Å². The van der Waals surface area contributed by atoms with Crippen molar-refractivity contribution in [2.45, 2.75) is 32.2 Å². The minimum absolute atomic E-state index is 0.108. The third kappa shape index (κ3) is 4.49. The zero-order chi connectivity index (χ0) is 21.9. The molecule has 1 aliphatic rings. The molecule has 3 aromatic heterocycles. The van der Waals surface area contributed by atoms with Gasteiger partial charge in [-0.2, -0.15) is 0 Å². The first-order valence-electron chi connectivity index (χ1n) is 10.5. The topological polar surface area (TPSA) is 67.7 Å². The Labute approximate surface area is 198 Å². The number of carbonyl (C=O) groups is 1. The van der Waals surface area contributed by atoms with Crippen LogP contribution in [0.2, 0.25) is 0 Å². The Kier molecular flexibility index (Phi) is 6.10. The lowest BCUT2D eigenvalue weighted by molar-refractivity contribution is 0.0948. The normalized spacial score (nSPS) is 13.4. The Balaban J connectivity index is 1.39. The number of halogens is 1. The number of aliphatic imine (C=N–C) groups is 1. The molecule has 5 rings (SSSR count). The number of furan rings is 2. The Morgan fingerprint density at radius 3 is 2.78 bits per heavy atom. The third-order valence-corrected chi connectivity index (χ3v) is 7.18. The molecule has 32 heavy (non-hydrogen) atoms. The van der Waals surface area contributed by atoms with E-state index in [0.717, 1.165) is 57.8 Å². The van der Waals surface area contributed by atoms with E-state index < -0.39 is 0 Å². The van der Waals surface area contributed by atoms with Crippen LogP contribution in [0.25, 0.3) is 11.3 Å². The Bertz CT molecular complexity index is 1250. The van der Waals surface area contributed by atoms with Crippen molar-refractivity contribution >= 4 is 44.4 Å². The van der Waals surface area contributed by atoms with Gasteiger partial charge in [0.25, 0.3) is 5.91 Å². The first-order chi connectivity index (χ1) is 15.7. The predicted molar refractivity (Wildman–Crippen MR) is 130 cm³/mol. The minimum Gasteiger partial charge on any atom is -0.467 e. The maximum absolute atomic E-state index is 13.1. The van der Waals surface area contributed by atoms with E-state index in [9.17, 15) is 4.79 Å². The zero-order valence-electron chi connectivity index (χ0n) is 17.3. The number of nitrogens with one attached hydrogen (secondary N) is 1. The summed E-state index contributed by atoms with van der Waals surface area (Å²) in [5.74, 6) is 2.04. The fourth-order valence-corrected chi connectivity index (χ4v) is 5.35. The van der Waals surface area contributed by atoms with E-state index in [1.165, 1.54) is 4.88 Å². The summed E-state index contributed by atoms with van der Waals surface area (Å²) in [4.78, 5) is 19.0. The van der Waals surface area contributed by atoms with E-state index in [1.54, 1.807) is 23.8 Å². The summed E-state index contributed by atoms with van der Waals surface area (Å²) in [6.07, 6.45) is 7.47. The van der Waals surface area contributed by atoms with E-state index in [1.807, 2.05) is 48.5 Å². The van der Waals surface area contributed by atoms with Gasteiger partial charge < -0.3 is 14.2 Å². The van der Waals surface area contributed by atoms with E-state index >= 15 is 0 Å². The second-order valence-corrected chi connectivity index (χ2v) is 9.62. The molecule has 7 heteroatoms. The first kappa shape index (κ1) is 21.0. The maximum atomic E-state index is 13.1. The molecule has 0 aliphatic heterocycles. The van der Waals surface area contributed by atoms with Gasteiger partial charge in [-0.3, -0.25) is 4.79 Å². The molecule has 0 fully saturated rings. The van der Waals surface area contributed by atoms with Crippen LogP contribution in [0.5, 0.6) is 0 Å². The van der Waals surface area contributed by atoms with Crippen LogP contribution >= 0.6 is 27.3 Å². The first-order valence-corrected chi connectivity index (χ1v) is 12.1. The van der Waals surface area contributed by atoms with Crippen LogP contribution in [0.4, 0.5) is 5.00 Å². The summed E-state index contributed by atoms with van der Waals surface area (Å²) >= 11 is 5.06. The van der Waals surface area contributed by atoms with Gasteiger partial charge in [-0.25, -0.2) is 4.99 Å². The third-order valence-electron chi connectivity index (χ3n) is 5.45. The van der Waals surface area contributed by atoms with Crippen molar-refractivity contribution in [1.82, 2.24) is 5.32 Å². The lowest BCUT2D eigenvalue weighted by Gasteiger charge is -2.12. The summed E-state index contributed by atoms with van der Waals surface area (Å²) in [5, 5.41) is 3.71. The van der Waals surface area contributed by atoms with Gasteiger partial charge in [0.15, 0.2) is 0 Å². The van der Waals surface area contributed by atoms with Crippen molar-refractivity contribution in [3.8, 4) is 11.3 Å². The number of thiophene rings is 1. The number of rotatable bonds is 6. The molecule has 1 N–H and O–H groups in total. The average Bonchev–Trinajstić information content (AvgIpc) is 3.56. The number of fused-ring (bicyclic) bond motifs is 1. The van der Waals surface area contributed by atoms with Crippen molar-refractivity contribution in [2.24, 2.45) is 4.99 Å². The molecule has 1 aliphatic carbocycles. The van der Waals surface area contributed by atoms with Crippen molar-refractivity contribution in [1.29, 1.82) is 0 Å². The Morgan fingerprint density at radius 1 is 1.12 bits per heavy atom. The highest BCUT2D eigenvalue weighted by atomic mass is 79.9. The van der Waals surface area contributed by atoms with Gasteiger partial charge in [-0.1, -0.05) is 28.1 Å². The smallest absolute Gasteiger partial charge is 0.255 e. The van der Waals surface area contributed by atoms with Gasteiger partial charge in [0.1, 0.15) is 22.3 Å². The van der Waals surface area contributed by atoms with Crippen LogP contribution in [-0.4, -0.2) is 12.1 Å². The predicted octanol–water partition coefficient (Wildman–Crippen LogP) is 6.92. The number of benzene rings is 1. The molecule has 4 aromatic rings. The minimum atomic E-state index is -0.108. The number of hydrogen-bond donors (Lipinski definition) is 1.